The summed E-state index contributed by atoms with van der Waals surface area (Å²) >= 11 is 3.30. The van der Waals surface area contributed by atoms with Gasteiger partial charge >= 0.3 is 0 Å². The van der Waals surface area contributed by atoms with Gasteiger partial charge in [0.25, 0.3) is 0 Å². The number of hydrogen-bond acceptors (Lipinski definition) is 7. The van der Waals surface area contributed by atoms with Crippen molar-refractivity contribution < 1.29 is 9.47 Å². The van der Waals surface area contributed by atoms with Crippen LogP contribution in [0.3, 0.4) is 0 Å². The van der Waals surface area contributed by atoms with Crippen LogP contribution in [0.15, 0.2) is 5.16 Å². The molecule has 0 aliphatic carbocycles. The van der Waals surface area contributed by atoms with Gasteiger partial charge in [-0.05, 0) is 25.2 Å². The first-order chi connectivity index (χ1) is 11.1. The summed E-state index contributed by atoms with van der Waals surface area (Å²) in [5.74, 6) is 0.925. The number of aromatic nitrogens is 2. The predicted octanol–water partition coefficient (Wildman–Crippen LogP) is 3.71. The van der Waals surface area contributed by atoms with E-state index in [-0.39, 0.29) is 5.60 Å². The minimum absolute atomic E-state index is 0.0943. The van der Waals surface area contributed by atoms with Gasteiger partial charge in [-0.2, -0.15) is 0 Å². The maximum absolute atomic E-state index is 6.08. The molecule has 0 radical (unpaired) electrons. The standard InChI is InChI=1S/C16H23N3O2S2/c1-5-16(2)8-10-11(9-21-16)23-14-12(10)13(17-6-7-20-3)18-15(19-14)22-4/h5-9H2,1-4H3,(H,17,18,19)/t16-/m0/s1. The minimum Gasteiger partial charge on any atom is -0.383 e. The average Bonchev–Trinajstić information content (AvgIpc) is 2.92. The molecule has 23 heavy (non-hydrogen) atoms. The van der Waals surface area contributed by atoms with Gasteiger partial charge in [0.15, 0.2) is 5.16 Å². The molecule has 0 unspecified atom stereocenters. The number of methoxy groups -OCH3 is 1. The van der Waals surface area contributed by atoms with Crippen LogP contribution in [0.1, 0.15) is 30.7 Å². The van der Waals surface area contributed by atoms with Gasteiger partial charge in [-0.3, -0.25) is 0 Å². The molecule has 3 rings (SSSR count). The van der Waals surface area contributed by atoms with Gasteiger partial charge in [0, 0.05) is 25.0 Å². The molecule has 0 spiro atoms. The van der Waals surface area contributed by atoms with Crippen LogP contribution in [-0.4, -0.2) is 42.1 Å². The fourth-order valence-corrected chi connectivity index (χ4v) is 4.30. The lowest BCUT2D eigenvalue weighted by atomic mass is 9.90. The molecule has 1 aliphatic rings. The molecular weight excluding hydrogens is 330 g/mol. The van der Waals surface area contributed by atoms with Gasteiger partial charge in [0.1, 0.15) is 10.6 Å². The Morgan fingerprint density at radius 1 is 1.43 bits per heavy atom. The van der Waals surface area contributed by atoms with E-state index in [1.165, 1.54) is 15.8 Å². The lowest BCUT2D eigenvalue weighted by molar-refractivity contribution is -0.0542. The number of anilines is 1. The fourth-order valence-electron chi connectivity index (χ4n) is 2.77. The van der Waals surface area contributed by atoms with E-state index in [4.69, 9.17) is 19.4 Å². The molecule has 7 heteroatoms. The van der Waals surface area contributed by atoms with E-state index in [2.05, 4.69) is 19.2 Å². The molecular formula is C16H23N3O2S2. The third kappa shape index (κ3) is 3.33. The summed E-state index contributed by atoms with van der Waals surface area (Å²) in [5.41, 5.74) is 1.26. The maximum atomic E-state index is 6.08. The quantitative estimate of drug-likeness (QED) is 0.485. The molecule has 0 fully saturated rings. The van der Waals surface area contributed by atoms with Crippen LogP contribution in [0.25, 0.3) is 10.2 Å². The van der Waals surface area contributed by atoms with Gasteiger partial charge < -0.3 is 14.8 Å². The molecule has 1 N–H and O–H groups in total. The number of thiophene rings is 1. The van der Waals surface area contributed by atoms with Crippen molar-refractivity contribution in [2.24, 2.45) is 0 Å². The van der Waals surface area contributed by atoms with Crippen LogP contribution in [0.2, 0.25) is 0 Å². The first kappa shape index (κ1) is 17.0. The summed E-state index contributed by atoms with van der Waals surface area (Å²) in [6.45, 7) is 6.44. The SMILES string of the molecule is CC[C@@]1(C)Cc2c(sc3nc(SC)nc(NCCOC)c23)CO1. The normalized spacial score (nSPS) is 20.7. The van der Waals surface area contributed by atoms with Crippen molar-refractivity contribution in [2.75, 3.05) is 31.8 Å². The van der Waals surface area contributed by atoms with Gasteiger partial charge in [-0.15, -0.1) is 11.3 Å². The zero-order valence-electron chi connectivity index (χ0n) is 14.1. The number of rotatable bonds is 6. The molecule has 5 nitrogen and oxygen atoms in total. The highest BCUT2D eigenvalue weighted by molar-refractivity contribution is 7.98. The summed E-state index contributed by atoms with van der Waals surface area (Å²) in [4.78, 5) is 11.7. The topological polar surface area (TPSA) is 56.3 Å². The van der Waals surface area contributed by atoms with E-state index in [0.29, 0.717) is 13.2 Å². The fraction of sp³-hybridized carbons (Fsp3) is 0.625. The second-order valence-corrected chi connectivity index (χ2v) is 7.79. The average molecular weight is 354 g/mol. The van der Waals surface area contributed by atoms with E-state index in [0.717, 1.165) is 35.2 Å². The summed E-state index contributed by atoms with van der Waals surface area (Å²) in [6.07, 6.45) is 3.92. The maximum Gasteiger partial charge on any atom is 0.190 e. The lowest BCUT2D eigenvalue weighted by Gasteiger charge is -2.33. The molecule has 0 aromatic carbocycles. The summed E-state index contributed by atoms with van der Waals surface area (Å²) in [5, 5.41) is 5.39. The van der Waals surface area contributed by atoms with Crippen molar-refractivity contribution in [1.29, 1.82) is 0 Å². The van der Waals surface area contributed by atoms with Crippen LogP contribution in [-0.2, 0) is 22.5 Å². The Labute approximate surface area is 145 Å². The Morgan fingerprint density at radius 3 is 2.96 bits per heavy atom. The largest absolute Gasteiger partial charge is 0.383 e. The van der Waals surface area contributed by atoms with E-state index in [1.807, 2.05) is 6.26 Å². The third-order valence-corrected chi connectivity index (χ3v) is 5.99. The number of thioether (sulfide) groups is 1. The molecule has 0 bridgehead atoms. The zero-order chi connectivity index (χ0) is 16.4. The number of ether oxygens (including phenoxy) is 2. The predicted molar refractivity (Wildman–Crippen MR) is 96.8 cm³/mol. The second kappa shape index (κ2) is 6.93. The molecule has 0 saturated carbocycles. The van der Waals surface area contributed by atoms with Gasteiger partial charge in [0.05, 0.1) is 24.2 Å². The molecule has 126 valence electrons. The van der Waals surface area contributed by atoms with Crippen molar-refractivity contribution in [1.82, 2.24) is 9.97 Å². The Kier molecular flexibility index (Phi) is 5.10. The Bertz CT molecular complexity index is 704. The Morgan fingerprint density at radius 2 is 2.26 bits per heavy atom. The Balaban J connectivity index is 2.07. The highest BCUT2D eigenvalue weighted by Crippen LogP contribution is 2.42. The van der Waals surface area contributed by atoms with E-state index in [9.17, 15) is 0 Å². The zero-order valence-corrected chi connectivity index (χ0v) is 15.7. The van der Waals surface area contributed by atoms with Crippen molar-refractivity contribution in [3.05, 3.63) is 10.4 Å². The van der Waals surface area contributed by atoms with Crippen molar-refractivity contribution >= 4 is 39.1 Å². The van der Waals surface area contributed by atoms with Crippen LogP contribution >= 0.6 is 23.1 Å². The highest BCUT2D eigenvalue weighted by atomic mass is 32.2. The molecule has 2 aromatic heterocycles. The highest BCUT2D eigenvalue weighted by Gasteiger charge is 2.33. The van der Waals surface area contributed by atoms with E-state index < -0.39 is 0 Å². The van der Waals surface area contributed by atoms with Gasteiger partial charge in [-0.25, -0.2) is 9.97 Å². The summed E-state index contributed by atoms with van der Waals surface area (Å²) in [6, 6.07) is 0. The molecule has 1 atom stereocenters. The van der Waals surface area contributed by atoms with Crippen LogP contribution in [0, 0.1) is 0 Å². The summed E-state index contributed by atoms with van der Waals surface area (Å²) in [7, 11) is 1.71. The van der Waals surface area contributed by atoms with Crippen molar-refractivity contribution in [2.45, 2.75) is 44.1 Å². The van der Waals surface area contributed by atoms with Gasteiger partial charge in [-0.1, -0.05) is 18.7 Å². The van der Waals surface area contributed by atoms with Crippen LogP contribution < -0.4 is 5.32 Å². The van der Waals surface area contributed by atoms with Crippen LogP contribution in [0.4, 0.5) is 5.82 Å². The number of nitrogens with one attached hydrogen (secondary N) is 1. The molecule has 0 amide bonds. The van der Waals surface area contributed by atoms with Crippen molar-refractivity contribution in [3.63, 3.8) is 0 Å². The number of nitrogens with zero attached hydrogens (tertiary/aromatic N) is 2. The first-order valence-electron chi connectivity index (χ1n) is 7.83. The lowest BCUT2D eigenvalue weighted by Crippen LogP contribution is -2.34. The monoisotopic (exact) mass is 353 g/mol. The number of hydrogen-bond donors (Lipinski definition) is 1. The Hall–Kier alpha value is -0.890. The van der Waals surface area contributed by atoms with Gasteiger partial charge in [0.2, 0.25) is 0 Å². The molecule has 3 heterocycles. The van der Waals surface area contributed by atoms with E-state index >= 15 is 0 Å². The molecule has 0 saturated heterocycles. The van der Waals surface area contributed by atoms with E-state index in [1.54, 1.807) is 30.2 Å². The smallest absolute Gasteiger partial charge is 0.190 e. The second-order valence-electron chi connectivity index (χ2n) is 5.93. The third-order valence-electron chi connectivity index (χ3n) is 4.35. The molecule has 1 aliphatic heterocycles. The minimum atomic E-state index is -0.0943. The first-order valence-corrected chi connectivity index (χ1v) is 9.87. The molecule has 2 aromatic rings. The van der Waals surface area contributed by atoms with Crippen LogP contribution in [0.5, 0.6) is 0 Å². The number of fused-ring (bicyclic) bond motifs is 3. The summed E-state index contributed by atoms with van der Waals surface area (Å²) < 4.78 is 11.2. The van der Waals surface area contributed by atoms with Crippen molar-refractivity contribution in [3.8, 4) is 0 Å².